The molecule has 1 aliphatic heterocycles. The van der Waals surface area contributed by atoms with Crippen molar-refractivity contribution in [3.8, 4) is 0 Å². The molecule has 1 aromatic heterocycles. The molecule has 15 heavy (non-hydrogen) atoms. The molecule has 0 fully saturated rings. The monoisotopic (exact) mass is 224 g/mol. The average molecular weight is 224 g/mol. The zero-order valence-electron chi connectivity index (χ0n) is 9.62. The maximum absolute atomic E-state index is 5.90. The van der Waals surface area contributed by atoms with E-state index < -0.39 is 0 Å². The zero-order chi connectivity index (χ0) is 10.9. The lowest BCUT2D eigenvalue weighted by Gasteiger charge is -2.42. The van der Waals surface area contributed by atoms with Gasteiger partial charge in [0.2, 0.25) is 0 Å². The highest BCUT2D eigenvalue weighted by atomic mass is 32.1. The van der Waals surface area contributed by atoms with Crippen molar-refractivity contribution in [1.82, 2.24) is 4.90 Å². The zero-order valence-corrected chi connectivity index (χ0v) is 10.4. The van der Waals surface area contributed by atoms with Crippen LogP contribution < -0.4 is 5.73 Å². The molecular formula is C12H20N2S. The normalized spacial score (nSPS) is 21.0. The van der Waals surface area contributed by atoms with Crippen molar-refractivity contribution >= 4 is 11.3 Å². The van der Waals surface area contributed by atoms with Crippen LogP contribution in [0.1, 0.15) is 30.7 Å². The molecule has 0 amide bonds. The van der Waals surface area contributed by atoms with Crippen LogP contribution in [0.2, 0.25) is 0 Å². The second kappa shape index (κ2) is 4.24. The van der Waals surface area contributed by atoms with Gasteiger partial charge in [-0.2, -0.15) is 0 Å². The van der Waals surface area contributed by atoms with Crippen LogP contribution in [0.15, 0.2) is 11.4 Å². The molecule has 0 bridgehead atoms. The molecule has 1 aliphatic rings. The predicted octanol–water partition coefficient (Wildman–Crippen LogP) is 2.23. The second-order valence-electron chi connectivity index (χ2n) is 4.60. The average Bonchev–Trinajstić information content (AvgIpc) is 2.74. The third-order valence-electron chi connectivity index (χ3n) is 3.77. The summed E-state index contributed by atoms with van der Waals surface area (Å²) >= 11 is 1.90. The minimum absolute atomic E-state index is 0.180. The standard InChI is InChI=1S/C12H20N2S/c1-3-12(2,9-13)14-6-4-11-10(8-14)5-7-15-11/h5,7H,3-4,6,8-9,13H2,1-2H3. The maximum atomic E-state index is 5.90. The van der Waals surface area contributed by atoms with Crippen LogP contribution in [0.4, 0.5) is 0 Å². The van der Waals surface area contributed by atoms with E-state index in [1.54, 1.807) is 4.88 Å². The highest BCUT2D eigenvalue weighted by molar-refractivity contribution is 7.10. The van der Waals surface area contributed by atoms with Crippen LogP contribution >= 0.6 is 11.3 Å². The Morgan fingerprint density at radius 3 is 3.07 bits per heavy atom. The summed E-state index contributed by atoms with van der Waals surface area (Å²) in [5.74, 6) is 0. The molecule has 84 valence electrons. The molecule has 2 nitrogen and oxygen atoms in total. The molecule has 2 heterocycles. The first-order valence-electron chi connectivity index (χ1n) is 5.70. The lowest BCUT2D eigenvalue weighted by molar-refractivity contribution is 0.0920. The number of fused-ring (bicyclic) bond motifs is 1. The number of thiophene rings is 1. The Morgan fingerprint density at radius 2 is 2.40 bits per heavy atom. The van der Waals surface area contributed by atoms with E-state index in [2.05, 4.69) is 30.2 Å². The minimum atomic E-state index is 0.180. The highest BCUT2D eigenvalue weighted by Gasteiger charge is 2.31. The van der Waals surface area contributed by atoms with Gasteiger partial charge in [-0.15, -0.1) is 11.3 Å². The van der Waals surface area contributed by atoms with Crippen molar-refractivity contribution in [3.05, 3.63) is 21.9 Å². The third kappa shape index (κ3) is 1.96. The number of nitrogens with two attached hydrogens (primary N) is 1. The molecule has 1 aromatic rings. The lowest BCUT2D eigenvalue weighted by atomic mass is 9.93. The van der Waals surface area contributed by atoms with Crippen molar-refractivity contribution in [2.24, 2.45) is 5.73 Å². The van der Waals surface area contributed by atoms with E-state index >= 15 is 0 Å². The number of nitrogens with zero attached hydrogens (tertiary/aromatic N) is 1. The van der Waals surface area contributed by atoms with Crippen molar-refractivity contribution in [1.29, 1.82) is 0 Å². The van der Waals surface area contributed by atoms with E-state index in [4.69, 9.17) is 5.73 Å². The molecule has 3 heteroatoms. The van der Waals surface area contributed by atoms with E-state index in [-0.39, 0.29) is 5.54 Å². The Hall–Kier alpha value is -0.380. The summed E-state index contributed by atoms with van der Waals surface area (Å²) in [6.07, 6.45) is 2.32. The summed E-state index contributed by atoms with van der Waals surface area (Å²) in [6, 6.07) is 2.26. The first kappa shape index (κ1) is 11.1. The van der Waals surface area contributed by atoms with Crippen LogP contribution in [0, 0.1) is 0 Å². The van der Waals surface area contributed by atoms with Crippen molar-refractivity contribution in [2.45, 2.75) is 38.8 Å². The van der Waals surface area contributed by atoms with Crippen LogP contribution in [-0.4, -0.2) is 23.5 Å². The van der Waals surface area contributed by atoms with Gasteiger partial charge < -0.3 is 5.73 Å². The Balaban J connectivity index is 2.15. The fraction of sp³-hybridized carbons (Fsp3) is 0.667. The fourth-order valence-electron chi connectivity index (χ4n) is 2.21. The van der Waals surface area contributed by atoms with Crippen molar-refractivity contribution in [2.75, 3.05) is 13.1 Å². The predicted molar refractivity (Wildman–Crippen MR) is 66.2 cm³/mol. The Labute approximate surface area is 96.1 Å². The fourth-order valence-corrected chi connectivity index (χ4v) is 3.10. The molecule has 0 aliphatic carbocycles. The summed E-state index contributed by atoms with van der Waals surface area (Å²) in [6.45, 7) is 7.51. The van der Waals surface area contributed by atoms with Gasteiger partial charge in [-0.3, -0.25) is 4.90 Å². The maximum Gasteiger partial charge on any atom is 0.0304 e. The number of rotatable bonds is 3. The molecule has 1 unspecified atom stereocenters. The van der Waals surface area contributed by atoms with Crippen LogP contribution in [0.25, 0.3) is 0 Å². The van der Waals surface area contributed by atoms with Gasteiger partial charge in [0, 0.05) is 30.1 Å². The lowest BCUT2D eigenvalue weighted by Crippen LogP contribution is -2.52. The van der Waals surface area contributed by atoms with E-state index in [0.717, 1.165) is 26.1 Å². The number of hydrogen-bond donors (Lipinski definition) is 1. The summed E-state index contributed by atoms with van der Waals surface area (Å²) in [5.41, 5.74) is 7.60. The Morgan fingerprint density at radius 1 is 1.60 bits per heavy atom. The van der Waals surface area contributed by atoms with E-state index in [1.807, 2.05) is 11.3 Å². The molecule has 0 radical (unpaired) electrons. The van der Waals surface area contributed by atoms with Crippen molar-refractivity contribution in [3.63, 3.8) is 0 Å². The number of hydrogen-bond acceptors (Lipinski definition) is 3. The van der Waals surface area contributed by atoms with Crippen LogP contribution in [0.5, 0.6) is 0 Å². The van der Waals surface area contributed by atoms with Gasteiger partial charge in [0.15, 0.2) is 0 Å². The SMILES string of the molecule is CCC(C)(CN)N1CCc2sccc2C1. The molecule has 2 N–H and O–H groups in total. The molecule has 1 atom stereocenters. The molecule has 2 rings (SSSR count). The van der Waals surface area contributed by atoms with Crippen LogP contribution in [-0.2, 0) is 13.0 Å². The van der Waals surface area contributed by atoms with Gasteiger partial charge >= 0.3 is 0 Å². The first-order chi connectivity index (χ1) is 7.19. The molecule has 0 aromatic carbocycles. The Kier molecular flexibility index (Phi) is 3.14. The molecule has 0 saturated heterocycles. The van der Waals surface area contributed by atoms with E-state index in [1.165, 1.54) is 12.0 Å². The quantitative estimate of drug-likeness (QED) is 0.853. The Bertz CT molecular complexity index is 328. The topological polar surface area (TPSA) is 29.3 Å². The van der Waals surface area contributed by atoms with Gasteiger partial charge in [0.1, 0.15) is 0 Å². The molecular weight excluding hydrogens is 204 g/mol. The van der Waals surface area contributed by atoms with Gasteiger partial charge in [-0.1, -0.05) is 6.92 Å². The summed E-state index contributed by atoms with van der Waals surface area (Å²) in [5, 5.41) is 2.21. The van der Waals surface area contributed by atoms with Crippen molar-refractivity contribution < 1.29 is 0 Å². The third-order valence-corrected chi connectivity index (χ3v) is 4.80. The van der Waals surface area contributed by atoms with Gasteiger partial charge in [-0.05, 0) is 36.8 Å². The van der Waals surface area contributed by atoms with Gasteiger partial charge in [0.05, 0.1) is 0 Å². The summed E-state index contributed by atoms with van der Waals surface area (Å²) in [4.78, 5) is 4.11. The van der Waals surface area contributed by atoms with E-state index in [0.29, 0.717) is 0 Å². The largest absolute Gasteiger partial charge is 0.329 e. The smallest absolute Gasteiger partial charge is 0.0304 e. The molecule has 0 spiro atoms. The molecule has 0 saturated carbocycles. The second-order valence-corrected chi connectivity index (χ2v) is 5.60. The minimum Gasteiger partial charge on any atom is -0.329 e. The summed E-state index contributed by atoms with van der Waals surface area (Å²) in [7, 11) is 0. The van der Waals surface area contributed by atoms with Gasteiger partial charge in [-0.25, -0.2) is 0 Å². The van der Waals surface area contributed by atoms with Crippen LogP contribution in [0.3, 0.4) is 0 Å². The highest BCUT2D eigenvalue weighted by Crippen LogP contribution is 2.29. The summed E-state index contributed by atoms with van der Waals surface area (Å²) < 4.78 is 0. The van der Waals surface area contributed by atoms with Gasteiger partial charge in [0.25, 0.3) is 0 Å². The first-order valence-corrected chi connectivity index (χ1v) is 6.58. The van der Waals surface area contributed by atoms with E-state index in [9.17, 15) is 0 Å².